The van der Waals surface area contributed by atoms with Crippen molar-refractivity contribution in [1.29, 1.82) is 0 Å². The Labute approximate surface area is 155 Å². The highest BCUT2D eigenvalue weighted by Crippen LogP contribution is 2.33. The fraction of sp³-hybridized carbons (Fsp3) is 0.278. The number of para-hydroxylation sites is 1. The predicted molar refractivity (Wildman–Crippen MR) is 93.8 cm³/mol. The summed E-state index contributed by atoms with van der Waals surface area (Å²) in [6.07, 6.45) is 0. The Morgan fingerprint density at radius 3 is 2.59 bits per heavy atom. The molecule has 1 aromatic carbocycles. The number of carbonyl (C=O) groups excluding carboxylic acids is 2. The number of imide groups is 1. The van der Waals surface area contributed by atoms with E-state index >= 15 is 0 Å². The van der Waals surface area contributed by atoms with Crippen LogP contribution in [0.15, 0.2) is 40.8 Å². The minimum absolute atomic E-state index is 0.0436. The molecule has 0 saturated carbocycles. The Morgan fingerprint density at radius 2 is 1.93 bits per heavy atom. The van der Waals surface area contributed by atoms with Gasteiger partial charge in [0.25, 0.3) is 5.91 Å². The molecule has 0 bridgehead atoms. The van der Waals surface area contributed by atoms with Crippen LogP contribution in [0.25, 0.3) is 5.69 Å². The van der Waals surface area contributed by atoms with Gasteiger partial charge in [0, 0.05) is 5.56 Å². The second-order valence-electron chi connectivity index (χ2n) is 6.62. The molecule has 1 N–H and O–H groups in total. The van der Waals surface area contributed by atoms with Crippen LogP contribution in [0.3, 0.4) is 0 Å². The van der Waals surface area contributed by atoms with Gasteiger partial charge in [0.1, 0.15) is 17.1 Å². The molecule has 0 aliphatic carbocycles. The van der Waals surface area contributed by atoms with E-state index in [1.165, 1.54) is 4.68 Å². The summed E-state index contributed by atoms with van der Waals surface area (Å²) in [5.74, 6) is 1.28. The third kappa shape index (κ3) is 2.67. The first-order chi connectivity index (χ1) is 12.9. The molecular formula is C18H18N6O3. The first kappa shape index (κ1) is 17.0. The van der Waals surface area contributed by atoms with Crippen molar-refractivity contribution in [3.05, 3.63) is 59.3 Å². The van der Waals surface area contributed by atoms with Gasteiger partial charge in [-0.2, -0.15) is 4.68 Å². The van der Waals surface area contributed by atoms with Gasteiger partial charge < -0.3 is 9.73 Å². The van der Waals surface area contributed by atoms with E-state index in [-0.39, 0.29) is 12.5 Å². The zero-order chi connectivity index (χ0) is 19.2. The number of aromatic nitrogens is 4. The number of nitrogens with zero attached hydrogens (tertiary/aromatic N) is 5. The summed E-state index contributed by atoms with van der Waals surface area (Å²) in [7, 11) is 0. The second-order valence-corrected chi connectivity index (χ2v) is 6.62. The lowest BCUT2D eigenvalue weighted by Gasteiger charge is -2.21. The highest BCUT2D eigenvalue weighted by atomic mass is 16.3. The predicted octanol–water partition coefficient (Wildman–Crippen LogP) is 1.84. The van der Waals surface area contributed by atoms with Crippen molar-refractivity contribution in [3.8, 4) is 5.69 Å². The Bertz CT molecular complexity index is 1020. The summed E-state index contributed by atoms with van der Waals surface area (Å²) in [5.41, 5.74) is 0.196. The molecule has 9 nitrogen and oxygen atoms in total. The standard InChI is InChI=1S/C18H18N6O3/c1-11-9-14(12(2)27-11)18(3)16(25)23(17(26)19-18)10-15-20-21-22-24(15)13-7-5-4-6-8-13/h4-9H,10H2,1-3H3,(H,19,26)/t18-/m1/s1. The zero-order valence-electron chi connectivity index (χ0n) is 15.1. The summed E-state index contributed by atoms with van der Waals surface area (Å²) >= 11 is 0. The Balaban J connectivity index is 1.65. The fourth-order valence-electron chi connectivity index (χ4n) is 3.37. The lowest BCUT2D eigenvalue weighted by molar-refractivity contribution is -0.131. The molecule has 1 fully saturated rings. The third-order valence-corrected chi connectivity index (χ3v) is 4.69. The van der Waals surface area contributed by atoms with Gasteiger partial charge in [-0.05, 0) is 49.4 Å². The first-order valence-electron chi connectivity index (χ1n) is 8.44. The monoisotopic (exact) mass is 366 g/mol. The molecule has 0 unspecified atom stereocenters. The average molecular weight is 366 g/mol. The van der Waals surface area contributed by atoms with Gasteiger partial charge in [-0.1, -0.05) is 18.2 Å². The van der Waals surface area contributed by atoms with Crippen LogP contribution in [0.5, 0.6) is 0 Å². The third-order valence-electron chi connectivity index (χ3n) is 4.69. The molecule has 3 amide bonds. The topological polar surface area (TPSA) is 106 Å². The van der Waals surface area contributed by atoms with E-state index in [1.54, 1.807) is 26.8 Å². The van der Waals surface area contributed by atoms with E-state index in [1.807, 2.05) is 30.3 Å². The molecular weight excluding hydrogens is 348 g/mol. The Hall–Kier alpha value is -3.49. The number of nitrogens with one attached hydrogen (secondary N) is 1. The van der Waals surface area contributed by atoms with Crippen molar-refractivity contribution in [1.82, 2.24) is 30.4 Å². The van der Waals surface area contributed by atoms with Gasteiger partial charge in [-0.3, -0.25) is 9.69 Å². The summed E-state index contributed by atoms with van der Waals surface area (Å²) in [4.78, 5) is 26.8. The normalized spacial score (nSPS) is 19.6. The summed E-state index contributed by atoms with van der Waals surface area (Å²) in [6, 6.07) is 10.5. The molecule has 9 heteroatoms. The molecule has 2 aromatic heterocycles. The number of amides is 3. The van der Waals surface area contributed by atoms with Gasteiger partial charge in [0.05, 0.1) is 12.2 Å². The molecule has 3 heterocycles. The van der Waals surface area contributed by atoms with Crippen molar-refractivity contribution in [3.63, 3.8) is 0 Å². The lowest BCUT2D eigenvalue weighted by atomic mass is 9.92. The van der Waals surface area contributed by atoms with Gasteiger partial charge in [0.2, 0.25) is 0 Å². The van der Waals surface area contributed by atoms with Crippen molar-refractivity contribution in [2.45, 2.75) is 32.9 Å². The Morgan fingerprint density at radius 1 is 1.19 bits per heavy atom. The van der Waals surface area contributed by atoms with Crippen molar-refractivity contribution in [2.75, 3.05) is 0 Å². The molecule has 3 aromatic rings. The molecule has 1 aliphatic rings. The summed E-state index contributed by atoms with van der Waals surface area (Å²) < 4.78 is 7.04. The lowest BCUT2D eigenvalue weighted by Crippen LogP contribution is -2.41. The second kappa shape index (κ2) is 6.04. The molecule has 1 saturated heterocycles. The van der Waals surface area contributed by atoms with E-state index < -0.39 is 11.6 Å². The van der Waals surface area contributed by atoms with Crippen molar-refractivity contribution >= 4 is 11.9 Å². The SMILES string of the molecule is Cc1cc([C@@]2(C)NC(=O)N(Cc3nnnn3-c3ccccc3)C2=O)c(C)o1. The summed E-state index contributed by atoms with van der Waals surface area (Å²) in [6.45, 7) is 5.20. The number of urea groups is 1. The number of hydrogen-bond acceptors (Lipinski definition) is 6. The van der Waals surface area contributed by atoms with Gasteiger partial charge in [0.15, 0.2) is 5.82 Å². The van der Waals surface area contributed by atoms with Gasteiger partial charge >= 0.3 is 6.03 Å². The molecule has 0 spiro atoms. The van der Waals surface area contributed by atoms with Crippen molar-refractivity contribution < 1.29 is 14.0 Å². The Kier molecular flexibility index (Phi) is 3.79. The number of furan rings is 1. The maximum Gasteiger partial charge on any atom is 0.325 e. The average Bonchev–Trinajstić information content (AvgIpc) is 3.30. The maximum absolute atomic E-state index is 13.1. The van der Waals surface area contributed by atoms with Crippen LogP contribution in [-0.4, -0.2) is 37.0 Å². The first-order valence-corrected chi connectivity index (χ1v) is 8.44. The number of aryl methyl sites for hydroxylation is 2. The quantitative estimate of drug-likeness (QED) is 0.706. The maximum atomic E-state index is 13.1. The molecule has 138 valence electrons. The molecule has 4 rings (SSSR count). The minimum Gasteiger partial charge on any atom is -0.466 e. The van der Waals surface area contributed by atoms with Gasteiger partial charge in [-0.25, -0.2) is 4.79 Å². The highest BCUT2D eigenvalue weighted by Gasteiger charge is 2.50. The zero-order valence-corrected chi connectivity index (χ0v) is 15.1. The van der Waals surface area contributed by atoms with Gasteiger partial charge in [-0.15, -0.1) is 5.10 Å². The van der Waals surface area contributed by atoms with E-state index in [0.29, 0.717) is 22.9 Å². The van der Waals surface area contributed by atoms with E-state index in [0.717, 1.165) is 10.6 Å². The molecule has 27 heavy (non-hydrogen) atoms. The molecule has 1 aliphatic heterocycles. The number of rotatable bonds is 4. The number of carbonyl (C=O) groups is 2. The van der Waals surface area contributed by atoms with Crippen LogP contribution >= 0.6 is 0 Å². The largest absolute Gasteiger partial charge is 0.466 e. The van der Waals surface area contributed by atoms with Crippen LogP contribution in [0.4, 0.5) is 4.79 Å². The number of benzene rings is 1. The highest BCUT2D eigenvalue weighted by molar-refractivity contribution is 6.07. The van der Waals surface area contributed by atoms with Crippen LogP contribution in [0.1, 0.15) is 29.8 Å². The number of hydrogen-bond donors (Lipinski definition) is 1. The van der Waals surface area contributed by atoms with E-state index in [4.69, 9.17) is 4.42 Å². The number of tetrazole rings is 1. The van der Waals surface area contributed by atoms with Crippen LogP contribution < -0.4 is 5.32 Å². The fourth-order valence-corrected chi connectivity index (χ4v) is 3.37. The van der Waals surface area contributed by atoms with Crippen LogP contribution in [0, 0.1) is 13.8 Å². The summed E-state index contributed by atoms with van der Waals surface area (Å²) in [5, 5.41) is 14.4. The molecule has 1 atom stereocenters. The minimum atomic E-state index is -1.19. The molecule has 0 radical (unpaired) electrons. The smallest absolute Gasteiger partial charge is 0.325 e. The van der Waals surface area contributed by atoms with Crippen LogP contribution in [-0.2, 0) is 16.9 Å². The van der Waals surface area contributed by atoms with Crippen LogP contribution in [0.2, 0.25) is 0 Å². The van der Waals surface area contributed by atoms with E-state index in [2.05, 4.69) is 20.8 Å². The van der Waals surface area contributed by atoms with Crippen molar-refractivity contribution in [2.24, 2.45) is 0 Å². The van der Waals surface area contributed by atoms with E-state index in [9.17, 15) is 9.59 Å².